The molecule has 2 rings (SSSR count). The van der Waals surface area contributed by atoms with Crippen LogP contribution in [0, 0.1) is 5.92 Å². The first-order valence-electron chi connectivity index (χ1n) is 5.77. The lowest BCUT2D eigenvalue weighted by Crippen LogP contribution is -2.19. The number of halogens is 1. The van der Waals surface area contributed by atoms with Crippen LogP contribution in [0.5, 0.6) is 5.88 Å². The van der Waals surface area contributed by atoms with Crippen LogP contribution in [0.4, 0.5) is 0 Å². The molecule has 3 nitrogen and oxygen atoms in total. The fourth-order valence-electron chi connectivity index (χ4n) is 1.32. The van der Waals surface area contributed by atoms with Gasteiger partial charge in [0.1, 0.15) is 11.0 Å². The van der Waals surface area contributed by atoms with E-state index in [0.717, 1.165) is 5.82 Å². The van der Waals surface area contributed by atoms with Crippen LogP contribution in [0.3, 0.4) is 0 Å². The Labute approximate surface area is 101 Å². The van der Waals surface area contributed by atoms with Crippen LogP contribution >= 0.6 is 11.6 Å². The fourth-order valence-corrected chi connectivity index (χ4v) is 1.50. The molecule has 16 heavy (non-hydrogen) atoms. The van der Waals surface area contributed by atoms with Crippen LogP contribution in [0.15, 0.2) is 6.07 Å². The molecule has 0 N–H and O–H groups in total. The third-order valence-electron chi connectivity index (χ3n) is 2.88. The third-order valence-corrected chi connectivity index (χ3v) is 3.07. The van der Waals surface area contributed by atoms with E-state index in [1.54, 1.807) is 6.07 Å². The number of nitrogens with zero attached hydrogens (tertiary/aromatic N) is 2. The maximum Gasteiger partial charge on any atom is 0.218 e. The molecule has 1 aromatic heterocycles. The van der Waals surface area contributed by atoms with Crippen molar-refractivity contribution < 1.29 is 4.74 Å². The van der Waals surface area contributed by atoms with Gasteiger partial charge in [-0.3, -0.25) is 0 Å². The summed E-state index contributed by atoms with van der Waals surface area (Å²) < 4.78 is 5.74. The standard InChI is InChI=1S/C12H17ClN2O/c1-7(2)8(3)16-11-6-10(13)14-12(15-11)9-4-5-9/h6-9H,4-5H2,1-3H3. The van der Waals surface area contributed by atoms with Gasteiger partial charge in [0.25, 0.3) is 0 Å². The molecule has 0 aromatic carbocycles. The Kier molecular flexibility index (Phi) is 3.33. The van der Waals surface area contributed by atoms with E-state index in [2.05, 4.69) is 23.8 Å². The van der Waals surface area contributed by atoms with Crippen molar-refractivity contribution >= 4 is 11.6 Å². The molecule has 1 atom stereocenters. The van der Waals surface area contributed by atoms with E-state index in [9.17, 15) is 0 Å². The van der Waals surface area contributed by atoms with Gasteiger partial charge in [0.05, 0.1) is 6.10 Å². The molecule has 88 valence electrons. The zero-order valence-corrected chi connectivity index (χ0v) is 10.7. The highest BCUT2D eigenvalue weighted by Gasteiger charge is 2.27. The zero-order chi connectivity index (χ0) is 11.7. The van der Waals surface area contributed by atoms with Gasteiger partial charge in [-0.1, -0.05) is 25.4 Å². The van der Waals surface area contributed by atoms with Gasteiger partial charge in [-0.15, -0.1) is 0 Å². The van der Waals surface area contributed by atoms with Crippen molar-refractivity contribution in [1.29, 1.82) is 0 Å². The first-order valence-corrected chi connectivity index (χ1v) is 6.15. The molecule has 0 saturated heterocycles. The Morgan fingerprint density at radius 3 is 2.56 bits per heavy atom. The lowest BCUT2D eigenvalue weighted by molar-refractivity contribution is 0.162. The SMILES string of the molecule is CC(C)C(C)Oc1cc(Cl)nc(C2CC2)n1. The summed E-state index contributed by atoms with van der Waals surface area (Å²) in [4.78, 5) is 8.62. The van der Waals surface area contributed by atoms with E-state index in [-0.39, 0.29) is 6.10 Å². The summed E-state index contributed by atoms with van der Waals surface area (Å²) in [5.74, 6) is 2.38. The highest BCUT2D eigenvalue weighted by Crippen LogP contribution is 2.39. The van der Waals surface area contributed by atoms with Crippen molar-refractivity contribution in [2.24, 2.45) is 5.92 Å². The molecule has 1 saturated carbocycles. The van der Waals surface area contributed by atoms with Crippen LogP contribution in [0.25, 0.3) is 0 Å². The highest BCUT2D eigenvalue weighted by atomic mass is 35.5. The fraction of sp³-hybridized carbons (Fsp3) is 0.667. The summed E-state index contributed by atoms with van der Waals surface area (Å²) >= 11 is 5.95. The molecule has 1 fully saturated rings. The van der Waals surface area contributed by atoms with Gasteiger partial charge < -0.3 is 4.74 Å². The highest BCUT2D eigenvalue weighted by molar-refractivity contribution is 6.29. The van der Waals surface area contributed by atoms with Gasteiger partial charge in [-0.25, -0.2) is 4.98 Å². The number of aromatic nitrogens is 2. The summed E-state index contributed by atoms with van der Waals surface area (Å²) in [5.41, 5.74) is 0. The van der Waals surface area contributed by atoms with Crippen molar-refractivity contribution in [1.82, 2.24) is 9.97 Å². The normalized spacial score (nSPS) is 17.6. The van der Waals surface area contributed by atoms with Crippen LogP contribution in [0.1, 0.15) is 45.4 Å². The Hall–Kier alpha value is -0.830. The van der Waals surface area contributed by atoms with Crippen LogP contribution in [-0.2, 0) is 0 Å². The molecule has 0 amide bonds. The van der Waals surface area contributed by atoms with Gasteiger partial charge in [0.2, 0.25) is 5.88 Å². The second-order valence-corrected chi connectivity index (χ2v) is 5.12. The van der Waals surface area contributed by atoms with E-state index >= 15 is 0 Å². The molecule has 0 bridgehead atoms. The molecule has 1 heterocycles. The van der Waals surface area contributed by atoms with Gasteiger partial charge in [0.15, 0.2) is 0 Å². The minimum absolute atomic E-state index is 0.137. The Bertz CT molecular complexity index is 377. The Balaban J connectivity index is 2.13. The first kappa shape index (κ1) is 11.6. The third kappa shape index (κ3) is 2.85. The maximum atomic E-state index is 5.95. The van der Waals surface area contributed by atoms with E-state index < -0.39 is 0 Å². The van der Waals surface area contributed by atoms with Gasteiger partial charge in [-0.2, -0.15) is 4.98 Å². The maximum absolute atomic E-state index is 5.95. The van der Waals surface area contributed by atoms with Crippen LogP contribution in [-0.4, -0.2) is 16.1 Å². The van der Waals surface area contributed by atoms with Gasteiger partial charge in [-0.05, 0) is 25.7 Å². The molecule has 1 aliphatic rings. The average molecular weight is 241 g/mol. The van der Waals surface area contributed by atoms with E-state index in [1.165, 1.54) is 12.8 Å². The quantitative estimate of drug-likeness (QED) is 0.757. The molecule has 1 unspecified atom stereocenters. The van der Waals surface area contributed by atoms with Crippen molar-refractivity contribution in [3.8, 4) is 5.88 Å². The second kappa shape index (κ2) is 4.58. The number of hydrogen-bond acceptors (Lipinski definition) is 3. The van der Waals surface area contributed by atoms with E-state index in [0.29, 0.717) is 22.9 Å². The summed E-state index contributed by atoms with van der Waals surface area (Å²) in [6, 6.07) is 1.69. The predicted molar refractivity (Wildman–Crippen MR) is 63.9 cm³/mol. The van der Waals surface area contributed by atoms with Gasteiger partial charge in [0, 0.05) is 12.0 Å². The van der Waals surface area contributed by atoms with Crippen molar-refractivity contribution in [2.75, 3.05) is 0 Å². The average Bonchev–Trinajstić information content (AvgIpc) is 2.99. The zero-order valence-electron chi connectivity index (χ0n) is 9.90. The summed E-state index contributed by atoms with van der Waals surface area (Å²) in [6.07, 6.45) is 2.47. The second-order valence-electron chi connectivity index (χ2n) is 4.73. The summed E-state index contributed by atoms with van der Waals surface area (Å²) in [7, 11) is 0. The number of rotatable bonds is 4. The molecule has 0 radical (unpaired) electrons. The monoisotopic (exact) mass is 240 g/mol. The molecular formula is C12H17ClN2O. The molecule has 0 aliphatic heterocycles. The van der Waals surface area contributed by atoms with Gasteiger partial charge >= 0.3 is 0 Å². The molecule has 4 heteroatoms. The first-order chi connectivity index (χ1) is 7.56. The predicted octanol–water partition coefficient (Wildman–Crippen LogP) is 3.43. The molecular weight excluding hydrogens is 224 g/mol. The van der Waals surface area contributed by atoms with Crippen LogP contribution in [0.2, 0.25) is 5.15 Å². The Morgan fingerprint density at radius 1 is 1.31 bits per heavy atom. The number of hydrogen-bond donors (Lipinski definition) is 0. The lowest BCUT2D eigenvalue weighted by atomic mass is 10.1. The van der Waals surface area contributed by atoms with E-state index in [4.69, 9.17) is 16.3 Å². The number of ether oxygens (including phenoxy) is 1. The summed E-state index contributed by atoms with van der Waals surface area (Å²) in [5, 5.41) is 0.475. The van der Waals surface area contributed by atoms with E-state index in [1.807, 2.05) is 6.92 Å². The topological polar surface area (TPSA) is 35.0 Å². The van der Waals surface area contributed by atoms with Crippen molar-refractivity contribution in [3.63, 3.8) is 0 Å². The van der Waals surface area contributed by atoms with Crippen LogP contribution < -0.4 is 4.74 Å². The minimum Gasteiger partial charge on any atom is -0.474 e. The van der Waals surface area contributed by atoms with Crippen molar-refractivity contribution in [3.05, 3.63) is 17.0 Å². The minimum atomic E-state index is 0.137. The lowest BCUT2D eigenvalue weighted by Gasteiger charge is -2.17. The smallest absolute Gasteiger partial charge is 0.218 e. The summed E-state index contributed by atoms with van der Waals surface area (Å²) in [6.45, 7) is 6.28. The largest absolute Gasteiger partial charge is 0.474 e. The molecule has 1 aromatic rings. The Morgan fingerprint density at radius 2 is 2.00 bits per heavy atom. The van der Waals surface area contributed by atoms with Crippen molar-refractivity contribution in [2.45, 2.75) is 45.6 Å². The molecule has 1 aliphatic carbocycles. The molecule has 0 spiro atoms.